The molecule has 0 aliphatic carbocycles. The third-order valence-electron chi connectivity index (χ3n) is 1.75. The van der Waals surface area contributed by atoms with Crippen molar-refractivity contribution in [3.8, 4) is 0 Å². The first kappa shape index (κ1) is 6.22. The third kappa shape index (κ3) is 0.852. The average molecular weight is 147 g/mol. The van der Waals surface area contributed by atoms with E-state index in [-0.39, 0.29) is 0 Å². The van der Waals surface area contributed by atoms with Gasteiger partial charge in [0.1, 0.15) is 0 Å². The third-order valence-corrected chi connectivity index (χ3v) is 1.75. The molecule has 3 nitrogen and oxygen atoms in total. The molecule has 0 fully saturated rings. The maximum atomic E-state index is 4.03. The molecule has 2 rings (SSSR count). The number of hydrogen-bond acceptors (Lipinski definition) is 2. The molecule has 2 aromatic heterocycles. The molecule has 0 aliphatic rings. The fourth-order valence-corrected chi connectivity index (χ4v) is 1.17. The first-order chi connectivity index (χ1) is 5.42. The fraction of sp³-hybridized carbons (Fsp3) is 0.125. The van der Waals surface area contributed by atoms with Gasteiger partial charge in [-0.1, -0.05) is 0 Å². The van der Waals surface area contributed by atoms with Crippen molar-refractivity contribution >= 4 is 16.6 Å². The lowest BCUT2D eigenvalue weighted by Gasteiger charge is -1.93. The number of pyridine rings is 1. The Bertz CT molecular complexity index is 364. The highest BCUT2D eigenvalue weighted by atomic mass is 14.9. The van der Waals surface area contributed by atoms with Crippen LogP contribution in [0.3, 0.4) is 0 Å². The van der Waals surface area contributed by atoms with Crippen LogP contribution in [0.15, 0.2) is 24.7 Å². The molecule has 0 bridgehead atoms. The van der Waals surface area contributed by atoms with E-state index in [1.54, 1.807) is 6.20 Å². The fourth-order valence-electron chi connectivity index (χ4n) is 1.17. The molecule has 0 atom stereocenters. The number of nitrogens with one attached hydrogen (secondary N) is 2. The number of hydrogen-bond donors (Lipinski definition) is 2. The summed E-state index contributed by atoms with van der Waals surface area (Å²) in [7, 11) is 1.90. The number of H-pyrrole nitrogens is 1. The molecule has 0 spiro atoms. The number of aromatic nitrogens is 2. The zero-order valence-electron chi connectivity index (χ0n) is 6.26. The standard InChI is InChI=1S/C8H9N3/c1-9-8-5-11-7-2-3-10-4-6(7)8/h2-5,9,11H,1H3. The average Bonchev–Trinajstić information content (AvgIpc) is 2.47. The topological polar surface area (TPSA) is 40.7 Å². The lowest BCUT2D eigenvalue weighted by Crippen LogP contribution is -1.84. The maximum absolute atomic E-state index is 4.03. The van der Waals surface area contributed by atoms with Crippen molar-refractivity contribution in [1.29, 1.82) is 0 Å². The van der Waals surface area contributed by atoms with Crippen molar-refractivity contribution in [3.63, 3.8) is 0 Å². The second kappa shape index (κ2) is 2.27. The molecule has 11 heavy (non-hydrogen) atoms. The number of anilines is 1. The molecule has 0 aliphatic heterocycles. The molecule has 0 unspecified atom stereocenters. The van der Waals surface area contributed by atoms with Crippen LogP contribution in [0.4, 0.5) is 5.69 Å². The van der Waals surface area contributed by atoms with Crippen LogP contribution in [0.25, 0.3) is 10.9 Å². The molecule has 2 N–H and O–H groups in total. The Labute approximate surface area is 64.5 Å². The second-order valence-corrected chi connectivity index (χ2v) is 2.37. The minimum atomic E-state index is 1.09. The van der Waals surface area contributed by atoms with Crippen molar-refractivity contribution in [2.45, 2.75) is 0 Å². The van der Waals surface area contributed by atoms with Crippen LogP contribution < -0.4 is 5.32 Å². The maximum Gasteiger partial charge on any atom is 0.0611 e. The Kier molecular flexibility index (Phi) is 1.28. The molecule has 0 amide bonds. The van der Waals surface area contributed by atoms with Gasteiger partial charge in [-0.3, -0.25) is 4.98 Å². The summed E-state index contributed by atoms with van der Waals surface area (Å²) in [6, 6.07) is 1.95. The number of rotatable bonds is 1. The van der Waals surface area contributed by atoms with E-state index in [1.165, 1.54) is 0 Å². The second-order valence-electron chi connectivity index (χ2n) is 2.37. The lowest BCUT2D eigenvalue weighted by atomic mass is 10.3. The monoisotopic (exact) mass is 147 g/mol. The van der Waals surface area contributed by atoms with Crippen molar-refractivity contribution in [3.05, 3.63) is 24.7 Å². The molecule has 0 aromatic carbocycles. The van der Waals surface area contributed by atoms with E-state index < -0.39 is 0 Å². The minimum Gasteiger partial charge on any atom is -0.386 e. The zero-order valence-corrected chi connectivity index (χ0v) is 6.26. The Balaban J connectivity index is 2.76. The Morgan fingerprint density at radius 2 is 2.45 bits per heavy atom. The summed E-state index contributed by atoms with van der Waals surface area (Å²) in [5, 5.41) is 4.21. The summed E-state index contributed by atoms with van der Waals surface area (Å²) >= 11 is 0. The van der Waals surface area contributed by atoms with Crippen LogP contribution in [-0.4, -0.2) is 17.0 Å². The molecule has 2 aromatic rings. The molecule has 2 heterocycles. The molecule has 3 heteroatoms. The summed E-state index contributed by atoms with van der Waals surface area (Å²) in [6.07, 6.45) is 5.56. The first-order valence-corrected chi connectivity index (χ1v) is 3.50. The highest BCUT2D eigenvalue weighted by Crippen LogP contribution is 2.20. The van der Waals surface area contributed by atoms with E-state index in [0.717, 1.165) is 16.6 Å². The molecule has 0 saturated heterocycles. The highest BCUT2D eigenvalue weighted by Gasteiger charge is 1.98. The minimum absolute atomic E-state index is 1.09. The predicted octanol–water partition coefficient (Wildman–Crippen LogP) is 1.60. The van der Waals surface area contributed by atoms with Gasteiger partial charge in [0, 0.05) is 31.0 Å². The van der Waals surface area contributed by atoms with E-state index in [2.05, 4.69) is 15.3 Å². The summed E-state index contributed by atoms with van der Waals surface area (Å²) in [5.74, 6) is 0. The largest absolute Gasteiger partial charge is 0.386 e. The van der Waals surface area contributed by atoms with Gasteiger partial charge in [-0.25, -0.2) is 0 Å². The van der Waals surface area contributed by atoms with Gasteiger partial charge >= 0.3 is 0 Å². The number of aromatic amines is 1. The highest BCUT2D eigenvalue weighted by molar-refractivity contribution is 5.91. The van der Waals surface area contributed by atoms with E-state index in [0.29, 0.717) is 0 Å². The summed E-state index contributed by atoms with van der Waals surface area (Å²) in [4.78, 5) is 7.17. The molecular weight excluding hydrogens is 138 g/mol. The number of nitrogens with zero attached hydrogens (tertiary/aromatic N) is 1. The van der Waals surface area contributed by atoms with Crippen molar-refractivity contribution in [2.24, 2.45) is 0 Å². The van der Waals surface area contributed by atoms with E-state index in [9.17, 15) is 0 Å². The summed E-state index contributed by atoms with van der Waals surface area (Å²) < 4.78 is 0. The van der Waals surface area contributed by atoms with Gasteiger partial charge in [0.2, 0.25) is 0 Å². The number of fused-ring (bicyclic) bond motifs is 1. The van der Waals surface area contributed by atoms with Crippen molar-refractivity contribution in [1.82, 2.24) is 9.97 Å². The van der Waals surface area contributed by atoms with Crippen LogP contribution in [0, 0.1) is 0 Å². The normalized spacial score (nSPS) is 10.3. The van der Waals surface area contributed by atoms with Gasteiger partial charge in [-0.05, 0) is 6.07 Å². The van der Waals surface area contributed by atoms with Gasteiger partial charge in [-0.15, -0.1) is 0 Å². The van der Waals surface area contributed by atoms with E-state index >= 15 is 0 Å². The molecule has 0 saturated carbocycles. The van der Waals surface area contributed by atoms with Crippen LogP contribution >= 0.6 is 0 Å². The Hall–Kier alpha value is -1.51. The van der Waals surface area contributed by atoms with Crippen LogP contribution in [0.1, 0.15) is 0 Å². The SMILES string of the molecule is CNc1c[nH]c2ccncc12. The van der Waals surface area contributed by atoms with Crippen LogP contribution in [0.5, 0.6) is 0 Å². The molecule has 56 valence electrons. The Morgan fingerprint density at radius 3 is 3.27 bits per heavy atom. The summed E-state index contributed by atoms with van der Waals surface area (Å²) in [6.45, 7) is 0. The van der Waals surface area contributed by atoms with Crippen molar-refractivity contribution < 1.29 is 0 Å². The van der Waals surface area contributed by atoms with Crippen LogP contribution in [0.2, 0.25) is 0 Å². The van der Waals surface area contributed by atoms with E-state index in [4.69, 9.17) is 0 Å². The van der Waals surface area contributed by atoms with Gasteiger partial charge in [0.05, 0.1) is 11.2 Å². The smallest absolute Gasteiger partial charge is 0.0611 e. The van der Waals surface area contributed by atoms with Crippen LogP contribution in [-0.2, 0) is 0 Å². The van der Waals surface area contributed by atoms with Gasteiger partial charge in [0.15, 0.2) is 0 Å². The van der Waals surface area contributed by atoms with Gasteiger partial charge in [-0.2, -0.15) is 0 Å². The molecule has 0 radical (unpaired) electrons. The van der Waals surface area contributed by atoms with Gasteiger partial charge in [0.25, 0.3) is 0 Å². The predicted molar refractivity (Wildman–Crippen MR) is 45.6 cm³/mol. The summed E-state index contributed by atoms with van der Waals surface area (Å²) in [5.41, 5.74) is 2.21. The van der Waals surface area contributed by atoms with Gasteiger partial charge < -0.3 is 10.3 Å². The lowest BCUT2D eigenvalue weighted by molar-refractivity contribution is 1.36. The Morgan fingerprint density at radius 1 is 1.55 bits per heavy atom. The zero-order chi connectivity index (χ0) is 7.68. The first-order valence-electron chi connectivity index (χ1n) is 3.50. The van der Waals surface area contributed by atoms with Crippen molar-refractivity contribution in [2.75, 3.05) is 12.4 Å². The van der Waals surface area contributed by atoms with E-state index in [1.807, 2.05) is 25.5 Å². The quantitative estimate of drug-likeness (QED) is 0.643. The molecular formula is C8H9N3.